The summed E-state index contributed by atoms with van der Waals surface area (Å²) in [4.78, 5) is 19.2. The van der Waals surface area contributed by atoms with Crippen LogP contribution in [0.25, 0.3) is 10.9 Å². The number of carbonyl (C=O) groups excluding carboxylic acids is 1. The van der Waals surface area contributed by atoms with Gasteiger partial charge in [-0.25, -0.2) is 4.98 Å². The van der Waals surface area contributed by atoms with Gasteiger partial charge in [-0.2, -0.15) is 13.2 Å². The molecule has 1 amide bonds. The van der Waals surface area contributed by atoms with Crippen LogP contribution < -0.4 is 15.0 Å². The highest BCUT2D eigenvalue weighted by Gasteiger charge is 2.33. The Labute approximate surface area is 177 Å². The molecule has 2 heterocycles. The third-order valence-corrected chi connectivity index (χ3v) is 5.21. The van der Waals surface area contributed by atoms with Crippen LogP contribution in [0.15, 0.2) is 54.6 Å². The number of benzene rings is 2. The van der Waals surface area contributed by atoms with Gasteiger partial charge in [0.25, 0.3) is 5.91 Å². The van der Waals surface area contributed by atoms with Crippen molar-refractivity contribution in [3.63, 3.8) is 0 Å². The lowest BCUT2D eigenvalue weighted by molar-refractivity contribution is -0.137. The number of piperidine rings is 1. The highest BCUT2D eigenvalue weighted by molar-refractivity contribution is 5.93. The van der Waals surface area contributed by atoms with E-state index in [4.69, 9.17) is 9.72 Å². The monoisotopic (exact) mass is 429 g/mol. The molecule has 8 heteroatoms. The minimum absolute atomic E-state index is 0.299. The molecule has 1 aliphatic heterocycles. The van der Waals surface area contributed by atoms with Gasteiger partial charge in [0, 0.05) is 18.5 Å². The lowest BCUT2D eigenvalue weighted by atomic mass is 10.1. The van der Waals surface area contributed by atoms with Crippen LogP contribution >= 0.6 is 0 Å². The molecule has 3 aromatic rings. The topological polar surface area (TPSA) is 54.5 Å². The zero-order valence-corrected chi connectivity index (χ0v) is 16.8. The van der Waals surface area contributed by atoms with Crippen LogP contribution in [0.3, 0.4) is 0 Å². The van der Waals surface area contributed by atoms with Crippen molar-refractivity contribution in [2.24, 2.45) is 0 Å². The molecule has 1 aliphatic rings. The highest BCUT2D eigenvalue weighted by Crippen LogP contribution is 2.34. The van der Waals surface area contributed by atoms with Crippen LogP contribution in [0.1, 0.15) is 24.8 Å². The first-order valence-corrected chi connectivity index (χ1v) is 10.2. The summed E-state index contributed by atoms with van der Waals surface area (Å²) in [6.07, 6.45) is -1.10. The summed E-state index contributed by atoms with van der Waals surface area (Å²) < 4.78 is 45.0. The van der Waals surface area contributed by atoms with Gasteiger partial charge in [0.15, 0.2) is 6.61 Å². The summed E-state index contributed by atoms with van der Waals surface area (Å²) in [6.45, 7) is 1.46. The first kappa shape index (κ1) is 21.0. The third-order valence-electron chi connectivity index (χ3n) is 5.21. The van der Waals surface area contributed by atoms with Gasteiger partial charge in [-0.05, 0) is 49.6 Å². The van der Waals surface area contributed by atoms with E-state index in [1.807, 2.05) is 18.2 Å². The van der Waals surface area contributed by atoms with Crippen molar-refractivity contribution in [3.05, 3.63) is 60.2 Å². The minimum atomic E-state index is -4.56. The van der Waals surface area contributed by atoms with Gasteiger partial charge in [0.2, 0.25) is 0 Å². The normalized spacial score (nSPS) is 14.5. The summed E-state index contributed by atoms with van der Waals surface area (Å²) in [7, 11) is 0. The summed E-state index contributed by atoms with van der Waals surface area (Å²) in [6, 6.07) is 14.2. The lowest BCUT2D eigenvalue weighted by Crippen LogP contribution is -2.30. The number of aromatic nitrogens is 1. The number of anilines is 2. The van der Waals surface area contributed by atoms with E-state index < -0.39 is 24.3 Å². The number of fused-ring (bicyclic) bond motifs is 1. The Morgan fingerprint density at radius 3 is 2.55 bits per heavy atom. The van der Waals surface area contributed by atoms with Crippen LogP contribution in [0.4, 0.5) is 24.7 Å². The van der Waals surface area contributed by atoms with Crippen LogP contribution in [-0.4, -0.2) is 30.6 Å². The largest absolute Gasteiger partial charge is 0.481 e. The van der Waals surface area contributed by atoms with Crippen LogP contribution in [0.2, 0.25) is 0 Å². The molecule has 4 rings (SSSR count). The maximum atomic E-state index is 13.1. The maximum absolute atomic E-state index is 13.1. The molecule has 0 bridgehead atoms. The van der Waals surface area contributed by atoms with Gasteiger partial charge >= 0.3 is 6.18 Å². The molecule has 0 radical (unpaired) electrons. The van der Waals surface area contributed by atoms with Crippen molar-refractivity contribution < 1.29 is 22.7 Å². The fourth-order valence-corrected chi connectivity index (χ4v) is 3.69. The zero-order valence-electron chi connectivity index (χ0n) is 16.8. The van der Waals surface area contributed by atoms with E-state index in [-0.39, 0.29) is 5.69 Å². The van der Waals surface area contributed by atoms with Gasteiger partial charge in [-0.1, -0.05) is 24.3 Å². The molecule has 2 aromatic carbocycles. The molecule has 1 aromatic heterocycles. The third kappa shape index (κ3) is 4.90. The average molecular weight is 429 g/mol. The van der Waals surface area contributed by atoms with Crippen LogP contribution in [-0.2, 0) is 11.0 Å². The van der Waals surface area contributed by atoms with Gasteiger partial charge in [-0.15, -0.1) is 0 Å². The molecular weight excluding hydrogens is 407 g/mol. The number of pyridine rings is 1. The van der Waals surface area contributed by atoms with Crippen molar-refractivity contribution >= 4 is 28.3 Å². The second kappa shape index (κ2) is 8.83. The molecule has 1 N–H and O–H groups in total. The van der Waals surface area contributed by atoms with E-state index in [0.717, 1.165) is 43.2 Å². The number of ether oxygens (including phenoxy) is 1. The van der Waals surface area contributed by atoms with Gasteiger partial charge in [0.1, 0.15) is 17.1 Å². The second-order valence-electron chi connectivity index (χ2n) is 7.43. The number of amides is 1. The number of halogens is 3. The Morgan fingerprint density at radius 1 is 1.00 bits per heavy atom. The summed E-state index contributed by atoms with van der Waals surface area (Å²) in [5.41, 5.74) is -0.581. The van der Waals surface area contributed by atoms with Crippen molar-refractivity contribution in [2.45, 2.75) is 25.4 Å². The highest BCUT2D eigenvalue weighted by atomic mass is 19.4. The number of carbonyl (C=O) groups is 1. The molecule has 1 saturated heterocycles. The maximum Gasteiger partial charge on any atom is 0.418 e. The Hall–Kier alpha value is -3.29. The number of nitrogens with zero attached hydrogens (tertiary/aromatic N) is 2. The van der Waals surface area contributed by atoms with E-state index in [9.17, 15) is 18.0 Å². The van der Waals surface area contributed by atoms with Crippen molar-refractivity contribution in [1.29, 1.82) is 0 Å². The van der Waals surface area contributed by atoms with Gasteiger partial charge < -0.3 is 15.0 Å². The molecule has 0 aliphatic carbocycles. The van der Waals surface area contributed by atoms with E-state index in [0.29, 0.717) is 11.3 Å². The molecule has 0 spiro atoms. The predicted molar refractivity (Wildman–Crippen MR) is 113 cm³/mol. The Morgan fingerprint density at radius 2 is 1.77 bits per heavy atom. The SMILES string of the molecule is O=C(COc1cccc2ccc(N3CCCCC3)nc12)Nc1ccccc1C(F)(F)F. The number of hydrogen-bond acceptors (Lipinski definition) is 4. The molecule has 0 atom stereocenters. The zero-order chi connectivity index (χ0) is 21.8. The smallest absolute Gasteiger partial charge is 0.418 e. The Balaban J connectivity index is 1.49. The van der Waals surface area contributed by atoms with E-state index >= 15 is 0 Å². The van der Waals surface area contributed by atoms with Gasteiger partial charge in [-0.3, -0.25) is 4.79 Å². The van der Waals surface area contributed by atoms with Crippen molar-refractivity contribution in [2.75, 3.05) is 29.9 Å². The lowest BCUT2D eigenvalue weighted by Gasteiger charge is -2.28. The molecule has 0 saturated carbocycles. The predicted octanol–water partition coefficient (Wildman–Crippen LogP) is 5.26. The minimum Gasteiger partial charge on any atom is -0.481 e. The fourth-order valence-electron chi connectivity index (χ4n) is 3.69. The number of hydrogen-bond donors (Lipinski definition) is 1. The van der Waals surface area contributed by atoms with Gasteiger partial charge in [0.05, 0.1) is 11.3 Å². The number of rotatable bonds is 5. The first-order valence-electron chi connectivity index (χ1n) is 10.2. The number of alkyl halides is 3. The number of para-hydroxylation sites is 2. The first-order chi connectivity index (χ1) is 14.9. The molecule has 1 fully saturated rings. The molecule has 0 unspecified atom stereocenters. The van der Waals surface area contributed by atoms with Crippen molar-refractivity contribution in [1.82, 2.24) is 4.98 Å². The standard InChI is InChI=1S/C23H22F3N3O2/c24-23(25,26)17-8-2-3-9-18(17)27-21(30)15-31-19-10-6-7-16-11-12-20(28-22(16)19)29-13-4-1-5-14-29/h2-3,6-12H,1,4-5,13-15H2,(H,27,30). The Kier molecular flexibility index (Phi) is 5.97. The summed E-state index contributed by atoms with van der Waals surface area (Å²) in [5, 5.41) is 3.15. The average Bonchev–Trinajstić information content (AvgIpc) is 2.77. The summed E-state index contributed by atoms with van der Waals surface area (Å²) in [5.74, 6) is 0.586. The molecule has 162 valence electrons. The van der Waals surface area contributed by atoms with E-state index in [1.165, 1.54) is 24.6 Å². The summed E-state index contributed by atoms with van der Waals surface area (Å²) >= 11 is 0. The second-order valence-corrected chi connectivity index (χ2v) is 7.43. The fraction of sp³-hybridized carbons (Fsp3) is 0.304. The van der Waals surface area contributed by atoms with Crippen LogP contribution in [0.5, 0.6) is 5.75 Å². The van der Waals surface area contributed by atoms with Crippen molar-refractivity contribution in [3.8, 4) is 5.75 Å². The number of nitrogens with one attached hydrogen (secondary N) is 1. The molecule has 31 heavy (non-hydrogen) atoms. The van der Waals surface area contributed by atoms with E-state index in [2.05, 4.69) is 10.2 Å². The molecule has 5 nitrogen and oxygen atoms in total. The van der Waals surface area contributed by atoms with Crippen LogP contribution in [0, 0.1) is 0 Å². The molecular formula is C23H22F3N3O2. The Bertz CT molecular complexity index is 1080. The van der Waals surface area contributed by atoms with E-state index in [1.54, 1.807) is 12.1 Å². The quantitative estimate of drug-likeness (QED) is 0.601.